The maximum absolute atomic E-state index is 4.80. The molecule has 3 rings (SSSR count). The van der Waals surface area contributed by atoms with Crippen LogP contribution in [0.4, 0.5) is 5.82 Å². The monoisotopic (exact) mass is 316 g/mol. The van der Waals surface area contributed by atoms with Crippen molar-refractivity contribution in [2.24, 2.45) is 0 Å². The van der Waals surface area contributed by atoms with Crippen molar-refractivity contribution in [2.75, 3.05) is 51.2 Å². The van der Waals surface area contributed by atoms with Crippen LogP contribution in [0.15, 0.2) is 18.3 Å². The quantitative estimate of drug-likeness (QED) is 0.832. The first kappa shape index (κ1) is 16.7. The number of aromatic nitrogens is 1. The Kier molecular flexibility index (Phi) is 5.90. The largest absolute Gasteiger partial charge is 0.354 e. The van der Waals surface area contributed by atoms with Gasteiger partial charge < -0.3 is 9.80 Å². The van der Waals surface area contributed by atoms with Gasteiger partial charge in [-0.15, -0.1) is 0 Å². The minimum Gasteiger partial charge on any atom is -0.354 e. The number of pyridine rings is 1. The minimum atomic E-state index is 0.568. The van der Waals surface area contributed by atoms with Gasteiger partial charge >= 0.3 is 0 Å². The summed E-state index contributed by atoms with van der Waals surface area (Å²) in [5.41, 5.74) is 1.47. The Bertz CT molecular complexity index is 482. The summed E-state index contributed by atoms with van der Waals surface area (Å²) in [6.45, 7) is 9.25. The fourth-order valence-electron chi connectivity index (χ4n) is 3.92. The molecule has 0 N–H and O–H groups in total. The van der Waals surface area contributed by atoms with Crippen LogP contribution in [0.1, 0.15) is 50.6 Å². The van der Waals surface area contributed by atoms with Gasteiger partial charge in [0.2, 0.25) is 0 Å². The topological polar surface area (TPSA) is 22.6 Å². The van der Waals surface area contributed by atoms with E-state index < -0.39 is 0 Å². The number of hydrogen-bond donors (Lipinski definition) is 0. The molecule has 23 heavy (non-hydrogen) atoms. The summed E-state index contributed by atoms with van der Waals surface area (Å²) in [6.07, 6.45) is 8.55. The lowest BCUT2D eigenvalue weighted by Crippen LogP contribution is -2.45. The molecule has 0 radical (unpaired) electrons. The molecule has 0 unspecified atom stereocenters. The molecule has 0 aromatic carbocycles. The van der Waals surface area contributed by atoms with Gasteiger partial charge in [-0.05, 0) is 45.5 Å². The van der Waals surface area contributed by atoms with Gasteiger partial charge in [-0.25, -0.2) is 4.98 Å². The Balaban J connectivity index is 1.80. The highest BCUT2D eigenvalue weighted by Gasteiger charge is 2.28. The van der Waals surface area contributed by atoms with Crippen LogP contribution in [0, 0.1) is 0 Å². The number of rotatable bonds is 5. The fourth-order valence-corrected chi connectivity index (χ4v) is 3.92. The van der Waals surface area contributed by atoms with Crippen LogP contribution in [0.3, 0.4) is 0 Å². The molecule has 4 heteroatoms. The molecular formula is C19H32N4. The molecule has 3 heterocycles. The van der Waals surface area contributed by atoms with Crippen LogP contribution in [0.2, 0.25) is 0 Å². The van der Waals surface area contributed by atoms with Crippen molar-refractivity contribution in [3.63, 3.8) is 0 Å². The van der Waals surface area contributed by atoms with Gasteiger partial charge in [-0.2, -0.15) is 0 Å². The second-order valence-corrected chi connectivity index (χ2v) is 7.11. The van der Waals surface area contributed by atoms with E-state index in [0.29, 0.717) is 6.04 Å². The predicted molar refractivity (Wildman–Crippen MR) is 97.0 cm³/mol. The maximum Gasteiger partial charge on any atom is 0.133 e. The molecule has 2 aliphatic rings. The third-order valence-electron chi connectivity index (χ3n) is 5.39. The molecular weight excluding hydrogens is 284 g/mol. The van der Waals surface area contributed by atoms with Gasteiger partial charge in [-0.3, -0.25) is 4.90 Å². The summed E-state index contributed by atoms with van der Waals surface area (Å²) in [4.78, 5) is 12.4. The Morgan fingerprint density at radius 3 is 2.74 bits per heavy atom. The van der Waals surface area contributed by atoms with Crippen molar-refractivity contribution in [1.82, 2.24) is 14.8 Å². The molecule has 2 saturated heterocycles. The van der Waals surface area contributed by atoms with Crippen LogP contribution in [-0.2, 0) is 0 Å². The molecule has 0 aliphatic carbocycles. The average molecular weight is 316 g/mol. The lowest BCUT2D eigenvalue weighted by Gasteiger charge is -2.39. The SMILES string of the molecule is CCCCN1CCCC[C@@H]1c1cccnc1N1CCN(C)CC1. The zero-order chi connectivity index (χ0) is 16.1. The first-order chi connectivity index (χ1) is 11.3. The van der Waals surface area contributed by atoms with Gasteiger partial charge in [0, 0.05) is 44.0 Å². The van der Waals surface area contributed by atoms with E-state index in [4.69, 9.17) is 4.98 Å². The molecule has 128 valence electrons. The van der Waals surface area contributed by atoms with E-state index in [1.54, 1.807) is 0 Å². The number of nitrogens with zero attached hydrogens (tertiary/aromatic N) is 4. The van der Waals surface area contributed by atoms with E-state index in [2.05, 4.69) is 40.8 Å². The van der Waals surface area contributed by atoms with Crippen LogP contribution in [0.25, 0.3) is 0 Å². The van der Waals surface area contributed by atoms with Crippen molar-refractivity contribution < 1.29 is 0 Å². The number of hydrogen-bond acceptors (Lipinski definition) is 4. The normalized spacial score (nSPS) is 24.1. The van der Waals surface area contributed by atoms with E-state index in [1.165, 1.54) is 56.6 Å². The van der Waals surface area contributed by atoms with Crippen molar-refractivity contribution in [3.8, 4) is 0 Å². The summed E-state index contributed by atoms with van der Waals surface area (Å²) in [7, 11) is 2.21. The van der Waals surface area contributed by atoms with E-state index in [1.807, 2.05) is 6.20 Å². The summed E-state index contributed by atoms with van der Waals surface area (Å²) in [5.74, 6) is 1.24. The Hall–Kier alpha value is -1.13. The highest BCUT2D eigenvalue weighted by molar-refractivity contribution is 5.49. The summed E-state index contributed by atoms with van der Waals surface area (Å²) < 4.78 is 0. The van der Waals surface area contributed by atoms with Crippen molar-refractivity contribution in [2.45, 2.75) is 45.1 Å². The van der Waals surface area contributed by atoms with Crippen LogP contribution in [-0.4, -0.2) is 61.1 Å². The van der Waals surface area contributed by atoms with E-state index in [0.717, 1.165) is 26.2 Å². The third-order valence-corrected chi connectivity index (χ3v) is 5.39. The minimum absolute atomic E-state index is 0.568. The van der Waals surface area contributed by atoms with Gasteiger partial charge in [0.15, 0.2) is 0 Å². The first-order valence-electron chi connectivity index (χ1n) is 9.42. The zero-order valence-electron chi connectivity index (χ0n) is 14.9. The van der Waals surface area contributed by atoms with Gasteiger partial charge in [-0.1, -0.05) is 25.8 Å². The number of likely N-dealkylation sites (tertiary alicyclic amines) is 1. The number of piperidine rings is 1. The van der Waals surface area contributed by atoms with Gasteiger partial charge in [0.1, 0.15) is 5.82 Å². The Morgan fingerprint density at radius 1 is 1.13 bits per heavy atom. The second-order valence-electron chi connectivity index (χ2n) is 7.11. The summed E-state index contributed by atoms with van der Waals surface area (Å²) >= 11 is 0. The molecule has 1 aromatic rings. The molecule has 2 fully saturated rings. The van der Waals surface area contributed by atoms with E-state index >= 15 is 0 Å². The lowest BCUT2D eigenvalue weighted by molar-refractivity contribution is 0.146. The van der Waals surface area contributed by atoms with Gasteiger partial charge in [0.25, 0.3) is 0 Å². The molecule has 2 aliphatic heterocycles. The fraction of sp³-hybridized carbons (Fsp3) is 0.737. The van der Waals surface area contributed by atoms with Crippen LogP contribution >= 0.6 is 0 Å². The second kappa shape index (κ2) is 8.11. The van der Waals surface area contributed by atoms with Crippen LogP contribution in [0.5, 0.6) is 0 Å². The van der Waals surface area contributed by atoms with E-state index in [-0.39, 0.29) is 0 Å². The Labute approximate surface area is 141 Å². The zero-order valence-corrected chi connectivity index (χ0v) is 14.9. The molecule has 1 aromatic heterocycles. The number of unbranched alkanes of at least 4 members (excludes halogenated alkanes) is 1. The van der Waals surface area contributed by atoms with Crippen LogP contribution < -0.4 is 4.90 Å². The molecule has 1 atom stereocenters. The van der Waals surface area contributed by atoms with E-state index in [9.17, 15) is 0 Å². The molecule has 0 saturated carbocycles. The van der Waals surface area contributed by atoms with Crippen molar-refractivity contribution in [3.05, 3.63) is 23.9 Å². The average Bonchev–Trinajstić information content (AvgIpc) is 2.61. The third kappa shape index (κ3) is 4.04. The summed E-state index contributed by atoms with van der Waals surface area (Å²) in [6, 6.07) is 5.02. The Morgan fingerprint density at radius 2 is 1.96 bits per heavy atom. The standard InChI is InChI=1S/C19H32N4/c1-3-4-11-22-12-6-5-9-18(22)17-8-7-10-20-19(17)23-15-13-21(2)14-16-23/h7-8,10,18H,3-6,9,11-16H2,1-2H3/t18-/m1/s1. The smallest absolute Gasteiger partial charge is 0.133 e. The predicted octanol–water partition coefficient (Wildman–Crippen LogP) is 3.16. The first-order valence-corrected chi connectivity index (χ1v) is 9.42. The van der Waals surface area contributed by atoms with Crippen molar-refractivity contribution in [1.29, 1.82) is 0 Å². The number of anilines is 1. The highest BCUT2D eigenvalue weighted by atomic mass is 15.3. The molecule has 0 amide bonds. The van der Waals surface area contributed by atoms with Crippen molar-refractivity contribution >= 4 is 5.82 Å². The molecule has 4 nitrogen and oxygen atoms in total. The van der Waals surface area contributed by atoms with Gasteiger partial charge in [0.05, 0.1) is 0 Å². The highest BCUT2D eigenvalue weighted by Crippen LogP contribution is 2.35. The number of piperazine rings is 1. The number of likely N-dealkylation sites (N-methyl/N-ethyl adjacent to an activating group) is 1. The molecule has 0 bridgehead atoms. The summed E-state index contributed by atoms with van der Waals surface area (Å²) in [5, 5.41) is 0. The maximum atomic E-state index is 4.80. The molecule has 0 spiro atoms. The lowest BCUT2D eigenvalue weighted by atomic mass is 9.94.